The SMILES string of the molecule is O=C(O)c1ccc2nc(Cc3ccc(N4CCCC4)cc3)[nH]c2c1. The molecule has 0 aliphatic carbocycles. The van der Waals surface area contributed by atoms with Crippen LogP contribution in [0.15, 0.2) is 42.5 Å². The van der Waals surface area contributed by atoms with E-state index in [1.165, 1.54) is 24.1 Å². The van der Waals surface area contributed by atoms with Gasteiger partial charge in [-0.15, -0.1) is 0 Å². The number of carboxylic acids is 1. The highest BCUT2D eigenvalue weighted by atomic mass is 16.4. The molecule has 1 aliphatic heterocycles. The van der Waals surface area contributed by atoms with E-state index in [0.29, 0.717) is 6.42 Å². The molecule has 2 aromatic carbocycles. The van der Waals surface area contributed by atoms with Gasteiger partial charge in [0.15, 0.2) is 0 Å². The van der Waals surface area contributed by atoms with Crippen molar-refractivity contribution in [1.29, 1.82) is 0 Å². The molecular weight excluding hydrogens is 302 g/mol. The van der Waals surface area contributed by atoms with Crippen molar-refractivity contribution >= 4 is 22.7 Å². The number of aromatic carboxylic acids is 1. The lowest BCUT2D eigenvalue weighted by Crippen LogP contribution is -2.17. The Kier molecular flexibility index (Phi) is 3.69. The number of fused-ring (bicyclic) bond motifs is 1. The molecule has 1 fully saturated rings. The lowest BCUT2D eigenvalue weighted by molar-refractivity contribution is 0.0697. The summed E-state index contributed by atoms with van der Waals surface area (Å²) in [4.78, 5) is 21.2. The zero-order valence-electron chi connectivity index (χ0n) is 13.3. The van der Waals surface area contributed by atoms with Gasteiger partial charge in [0.25, 0.3) is 0 Å². The third-order valence-corrected chi connectivity index (χ3v) is 4.56. The number of carbonyl (C=O) groups is 1. The first-order valence-electron chi connectivity index (χ1n) is 8.25. The van der Waals surface area contributed by atoms with E-state index in [9.17, 15) is 4.79 Å². The average Bonchev–Trinajstić information content (AvgIpc) is 3.24. The van der Waals surface area contributed by atoms with Gasteiger partial charge in [-0.3, -0.25) is 0 Å². The molecule has 1 aromatic heterocycles. The van der Waals surface area contributed by atoms with Crippen LogP contribution < -0.4 is 4.90 Å². The van der Waals surface area contributed by atoms with Crippen molar-refractivity contribution in [2.45, 2.75) is 19.3 Å². The number of anilines is 1. The minimum atomic E-state index is -0.925. The summed E-state index contributed by atoms with van der Waals surface area (Å²) in [6.45, 7) is 2.30. The number of imidazole rings is 1. The van der Waals surface area contributed by atoms with Crippen LogP contribution >= 0.6 is 0 Å². The van der Waals surface area contributed by atoms with E-state index < -0.39 is 5.97 Å². The molecule has 0 unspecified atom stereocenters. The summed E-state index contributed by atoms with van der Waals surface area (Å²) in [6, 6.07) is 13.6. The topological polar surface area (TPSA) is 69.2 Å². The second kappa shape index (κ2) is 6.00. The van der Waals surface area contributed by atoms with Crippen molar-refractivity contribution in [3.63, 3.8) is 0 Å². The summed E-state index contributed by atoms with van der Waals surface area (Å²) in [6.07, 6.45) is 3.26. The third-order valence-electron chi connectivity index (χ3n) is 4.56. The van der Waals surface area contributed by atoms with Crippen LogP contribution in [0.2, 0.25) is 0 Å². The first-order chi connectivity index (χ1) is 11.7. The molecule has 0 radical (unpaired) electrons. The number of hydrogen-bond donors (Lipinski definition) is 2. The fraction of sp³-hybridized carbons (Fsp3) is 0.263. The van der Waals surface area contributed by atoms with Crippen molar-refractivity contribution in [1.82, 2.24) is 9.97 Å². The summed E-state index contributed by atoms with van der Waals surface area (Å²) < 4.78 is 0. The number of hydrogen-bond acceptors (Lipinski definition) is 3. The van der Waals surface area contributed by atoms with Gasteiger partial charge in [-0.25, -0.2) is 9.78 Å². The number of rotatable bonds is 4. The van der Waals surface area contributed by atoms with E-state index >= 15 is 0 Å². The molecule has 5 heteroatoms. The van der Waals surface area contributed by atoms with Crippen LogP contribution in [0.4, 0.5) is 5.69 Å². The van der Waals surface area contributed by atoms with Crippen LogP contribution in [0.3, 0.4) is 0 Å². The van der Waals surface area contributed by atoms with E-state index in [1.807, 2.05) is 0 Å². The summed E-state index contributed by atoms with van der Waals surface area (Å²) in [7, 11) is 0. The van der Waals surface area contributed by atoms with E-state index in [2.05, 4.69) is 39.1 Å². The van der Waals surface area contributed by atoms with Gasteiger partial charge in [0.05, 0.1) is 16.6 Å². The summed E-state index contributed by atoms with van der Waals surface area (Å²) >= 11 is 0. The predicted octanol–water partition coefficient (Wildman–Crippen LogP) is 3.45. The molecular formula is C19H19N3O2. The Morgan fingerprint density at radius 1 is 1.12 bits per heavy atom. The quantitative estimate of drug-likeness (QED) is 0.772. The lowest BCUT2D eigenvalue weighted by atomic mass is 10.1. The lowest BCUT2D eigenvalue weighted by Gasteiger charge is -2.17. The van der Waals surface area contributed by atoms with Crippen molar-refractivity contribution in [2.24, 2.45) is 0 Å². The molecule has 2 N–H and O–H groups in total. The molecule has 0 saturated carbocycles. The first kappa shape index (κ1) is 14.8. The number of benzene rings is 2. The van der Waals surface area contributed by atoms with Gasteiger partial charge in [-0.2, -0.15) is 0 Å². The average molecular weight is 321 g/mol. The van der Waals surface area contributed by atoms with Crippen LogP contribution in [0, 0.1) is 0 Å². The van der Waals surface area contributed by atoms with Gasteiger partial charge >= 0.3 is 5.97 Å². The maximum atomic E-state index is 11.0. The van der Waals surface area contributed by atoms with Gasteiger partial charge in [-0.05, 0) is 48.7 Å². The molecule has 0 atom stereocenters. The van der Waals surface area contributed by atoms with E-state index in [1.54, 1.807) is 18.2 Å². The van der Waals surface area contributed by atoms with E-state index in [4.69, 9.17) is 5.11 Å². The smallest absolute Gasteiger partial charge is 0.335 e. The number of aromatic nitrogens is 2. The van der Waals surface area contributed by atoms with Crippen molar-refractivity contribution in [2.75, 3.05) is 18.0 Å². The minimum absolute atomic E-state index is 0.271. The Labute approximate surface area is 139 Å². The van der Waals surface area contributed by atoms with E-state index in [-0.39, 0.29) is 5.56 Å². The van der Waals surface area contributed by atoms with Gasteiger partial charge in [0.2, 0.25) is 0 Å². The van der Waals surface area contributed by atoms with Crippen molar-refractivity contribution < 1.29 is 9.90 Å². The molecule has 0 bridgehead atoms. The zero-order valence-corrected chi connectivity index (χ0v) is 13.3. The Hall–Kier alpha value is -2.82. The van der Waals surface area contributed by atoms with Crippen LogP contribution in [-0.2, 0) is 6.42 Å². The summed E-state index contributed by atoms with van der Waals surface area (Å²) in [5.74, 6) is -0.0768. The predicted molar refractivity (Wildman–Crippen MR) is 93.7 cm³/mol. The number of nitrogens with one attached hydrogen (secondary N) is 1. The van der Waals surface area contributed by atoms with Gasteiger partial charge in [0, 0.05) is 25.2 Å². The van der Waals surface area contributed by atoms with Gasteiger partial charge in [0.1, 0.15) is 5.82 Å². The minimum Gasteiger partial charge on any atom is -0.478 e. The van der Waals surface area contributed by atoms with Crippen LogP contribution in [-0.4, -0.2) is 34.1 Å². The molecule has 1 aliphatic rings. The van der Waals surface area contributed by atoms with E-state index in [0.717, 1.165) is 29.9 Å². The number of H-pyrrole nitrogens is 1. The maximum Gasteiger partial charge on any atom is 0.335 e. The highest BCUT2D eigenvalue weighted by Gasteiger charge is 2.12. The van der Waals surface area contributed by atoms with Crippen LogP contribution in [0.5, 0.6) is 0 Å². The standard InChI is InChI=1S/C19H19N3O2/c23-19(24)14-5-8-16-17(12-14)21-18(20-16)11-13-3-6-15(7-4-13)22-9-1-2-10-22/h3-8,12H,1-2,9-11H2,(H,20,21)(H,23,24). The summed E-state index contributed by atoms with van der Waals surface area (Å²) in [5.41, 5.74) is 4.30. The Balaban J connectivity index is 1.54. The zero-order chi connectivity index (χ0) is 16.5. The molecule has 122 valence electrons. The molecule has 4 rings (SSSR count). The Morgan fingerprint density at radius 2 is 1.88 bits per heavy atom. The number of nitrogens with zero attached hydrogens (tertiary/aromatic N) is 2. The Morgan fingerprint density at radius 3 is 2.58 bits per heavy atom. The highest BCUT2D eigenvalue weighted by Crippen LogP contribution is 2.22. The summed E-state index contributed by atoms with van der Waals surface area (Å²) in [5, 5.41) is 9.06. The van der Waals surface area contributed by atoms with Gasteiger partial charge in [-0.1, -0.05) is 12.1 Å². The van der Waals surface area contributed by atoms with Crippen LogP contribution in [0.25, 0.3) is 11.0 Å². The number of carboxylic acid groups (broad SMARTS) is 1. The molecule has 3 aromatic rings. The molecule has 24 heavy (non-hydrogen) atoms. The fourth-order valence-electron chi connectivity index (χ4n) is 3.27. The Bertz CT molecular complexity index is 877. The molecule has 0 spiro atoms. The number of aromatic amines is 1. The molecule has 5 nitrogen and oxygen atoms in total. The molecule has 1 saturated heterocycles. The second-order valence-corrected chi connectivity index (χ2v) is 6.26. The molecule has 2 heterocycles. The van der Waals surface area contributed by atoms with Crippen molar-refractivity contribution in [3.8, 4) is 0 Å². The largest absolute Gasteiger partial charge is 0.478 e. The first-order valence-corrected chi connectivity index (χ1v) is 8.25. The monoisotopic (exact) mass is 321 g/mol. The fourth-order valence-corrected chi connectivity index (χ4v) is 3.27. The normalized spacial score (nSPS) is 14.4. The van der Waals surface area contributed by atoms with Crippen molar-refractivity contribution in [3.05, 3.63) is 59.4 Å². The maximum absolute atomic E-state index is 11.0. The van der Waals surface area contributed by atoms with Crippen LogP contribution in [0.1, 0.15) is 34.6 Å². The second-order valence-electron chi connectivity index (χ2n) is 6.26. The van der Waals surface area contributed by atoms with Gasteiger partial charge < -0.3 is 15.0 Å². The highest BCUT2D eigenvalue weighted by molar-refractivity contribution is 5.92. The molecule has 0 amide bonds. The third kappa shape index (κ3) is 2.85.